The van der Waals surface area contributed by atoms with E-state index in [0.29, 0.717) is 22.2 Å². The summed E-state index contributed by atoms with van der Waals surface area (Å²) in [5, 5.41) is 9.52. The fourth-order valence-electron chi connectivity index (χ4n) is 3.87. The van der Waals surface area contributed by atoms with E-state index in [1.54, 1.807) is 19.9 Å². The van der Waals surface area contributed by atoms with Crippen LogP contribution >= 0.6 is 11.6 Å². The summed E-state index contributed by atoms with van der Waals surface area (Å²) in [4.78, 5) is 12.7. The third-order valence-corrected chi connectivity index (χ3v) is 6.67. The van der Waals surface area contributed by atoms with E-state index in [9.17, 15) is 4.79 Å². The first-order chi connectivity index (χ1) is 16.8. The van der Waals surface area contributed by atoms with Crippen LogP contribution in [0.3, 0.4) is 0 Å². The quantitative estimate of drug-likeness (QED) is 0.299. The smallest absolute Gasteiger partial charge is 0.412 e. The van der Waals surface area contributed by atoms with Crippen LogP contribution in [0.5, 0.6) is 0 Å². The Kier molecular flexibility index (Phi) is 6.00. The highest BCUT2D eigenvalue weighted by molar-refractivity contribution is 6.31. The second-order valence-corrected chi connectivity index (χ2v) is 9.66. The van der Waals surface area contributed by atoms with E-state index in [-0.39, 0.29) is 5.41 Å². The molecule has 1 amide bonds. The van der Waals surface area contributed by atoms with E-state index >= 15 is 0 Å². The Morgan fingerprint density at radius 2 is 1.89 bits per heavy atom. The maximum Gasteiger partial charge on any atom is 0.412 e. The van der Waals surface area contributed by atoms with Crippen molar-refractivity contribution in [2.75, 3.05) is 5.32 Å². The predicted octanol–water partition coefficient (Wildman–Crippen LogP) is 7.92. The molecule has 0 saturated heterocycles. The van der Waals surface area contributed by atoms with Crippen molar-refractivity contribution in [1.29, 1.82) is 0 Å². The lowest BCUT2D eigenvalue weighted by molar-refractivity contribution is 0.121. The predicted molar refractivity (Wildman–Crippen MR) is 138 cm³/mol. The van der Waals surface area contributed by atoms with Gasteiger partial charge in [0.15, 0.2) is 5.76 Å². The highest BCUT2D eigenvalue weighted by Crippen LogP contribution is 2.44. The van der Waals surface area contributed by atoms with Gasteiger partial charge in [0, 0.05) is 27.1 Å². The SMILES string of the molecule is Cc1noc(-c2ccc3cc(C#CC4(C)CC4)ccc3c2)c1NC(=O)O[C@H](C)c1ccccc1Cl. The molecule has 0 radical (unpaired) electrons. The van der Waals surface area contributed by atoms with Gasteiger partial charge in [0.25, 0.3) is 0 Å². The number of amides is 1. The molecule has 1 aromatic heterocycles. The van der Waals surface area contributed by atoms with E-state index in [2.05, 4.69) is 35.3 Å². The molecular formula is C29H25ClN2O3. The zero-order valence-electron chi connectivity index (χ0n) is 19.8. The lowest BCUT2D eigenvalue weighted by Crippen LogP contribution is -2.17. The lowest BCUT2D eigenvalue weighted by Gasteiger charge is -2.15. The zero-order chi connectivity index (χ0) is 24.6. The first kappa shape index (κ1) is 23.0. The maximum absolute atomic E-state index is 12.7. The number of anilines is 1. The zero-order valence-corrected chi connectivity index (χ0v) is 20.6. The standard InChI is InChI=1S/C29H25ClN2O3/c1-18-26(31-28(33)34-19(2)24-6-4-5-7-25(24)30)27(35-32-18)23-11-10-21-16-20(8-9-22(21)17-23)12-13-29(3)14-15-29/h4-11,16-17,19H,14-15H2,1-3H3,(H,31,33)/t19-/m1/s1. The molecule has 0 spiro atoms. The van der Waals surface area contributed by atoms with Crippen LogP contribution < -0.4 is 5.32 Å². The van der Waals surface area contributed by atoms with Gasteiger partial charge in [-0.2, -0.15) is 0 Å². The number of hydrogen-bond acceptors (Lipinski definition) is 4. The topological polar surface area (TPSA) is 64.4 Å². The molecule has 1 heterocycles. The minimum Gasteiger partial charge on any atom is -0.441 e. The van der Waals surface area contributed by atoms with Crippen LogP contribution in [0.15, 0.2) is 65.2 Å². The second kappa shape index (κ2) is 9.13. The van der Waals surface area contributed by atoms with Gasteiger partial charge in [0.05, 0.1) is 0 Å². The highest BCUT2D eigenvalue weighted by Gasteiger charge is 2.35. The van der Waals surface area contributed by atoms with Crippen molar-refractivity contribution in [3.8, 4) is 23.2 Å². The highest BCUT2D eigenvalue weighted by atomic mass is 35.5. The number of halogens is 1. The molecule has 3 aromatic carbocycles. The lowest BCUT2D eigenvalue weighted by atomic mass is 10.0. The number of carbonyl (C=O) groups excluding carboxylic acids is 1. The molecule has 0 aliphatic heterocycles. The summed E-state index contributed by atoms with van der Waals surface area (Å²) in [7, 11) is 0. The average Bonchev–Trinajstić information content (AvgIpc) is 3.48. The van der Waals surface area contributed by atoms with E-state index in [1.165, 1.54) is 12.8 Å². The van der Waals surface area contributed by atoms with Crippen molar-refractivity contribution >= 4 is 34.2 Å². The van der Waals surface area contributed by atoms with E-state index in [0.717, 1.165) is 27.5 Å². The van der Waals surface area contributed by atoms with Crippen molar-refractivity contribution in [2.24, 2.45) is 5.41 Å². The number of rotatable bonds is 4. The molecule has 0 bridgehead atoms. The molecule has 5 rings (SSSR count). The number of fused-ring (bicyclic) bond motifs is 1. The molecule has 0 unspecified atom stereocenters. The number of benzene rings is 3. The van der Waals surface area contributed by atoms with Crippen LogP contribution in [-0.2, 0) is 4.74 Å². The molecule has 5 nitrogen and oxygen atoms in total. The van der Waals surface area contributed by atoms with E-state index < -0.39 is 12.2 Å². The van der Waals surface area contributed by atoms with Crippen LogP contribution in [0.4, 0.5) is 10.5 Å². The van der Waals surface area contributed by atoms with Gasteiger partial charge in [-0.15, -0.1) is 0 Å². The molecule has 1 atom stereocenters. The van der Waals surface area contributed by atoms with Crippen molar-refractivity contribution < 1.29 is 14.1 Å². The normalized spacial score (nSPS) is 14.6. The first-order valence-corrected chi connectivity index (χ1v) is 11.9. The molecule has 1 aliphatic rings. The molecule has 1 fully saturated rings. The summed E-state index contributed by atoms with van der Waals surface area (Å²) in [6.45, 7) is 5.74. The van der Waals surface area contributed by atoms with Crippen molar-refractivity contribution in [1.82, 2.24) is 5.16 Å². The molecule has 35 heavy (non-hydrogen) atoms. The van der Waals surface area contributed by atoms with Gasteiger partial charge in [0.1, 0.15) is 17.5 Å². The van der Waals surface area contributed by atoms with Gasteiger partial charge in [-0.3, -0.25) is 5.32 Å². The first-order valence-electron chi connectivity index (χ1n) is 11.6. The largest absolute Gasteiger partial charge is 0.441 e. The Morgan fingerprint density at radius 1 is 1.14 bits per heavy atom. The monoisotopic (exact) mass is 484 g/mol. The summed E-state index contributed by atoms with van der Waals surface area (Å²) in [6, 6.07) is 19.4. The Bertz CT molecular complexity index is 1490. The van der Waals surface area contributed by atoms with Gasteiger partial charge >= 0.3 is 6.09 Å². The number of nitrogens with one attached hydrogen (secondary N) is 1. The maximum atomic E-state index is 12.7. The fourth-order valence-corrected chi connectivity index (χ4v) is 4.16. The van der Waals surface area contributed by atoms with Gasteiger partial charge in [-0.05, 0) is 68.7 Å². The number of carbonyl (C=O) groups is 1. The second-order valence-electron chi connectivity index (χ2n) is 9.25. The molecule has 6 heteroatoms. The van der Waals surface area contributed by atoms with Crippen LogP contribution in [-0.4, -0.2) is 11.2 Å². The summed E-state index contributed by atoms with van der Waals surface area (Å²) in [5.41, 5.74) is 3.76. The minimum atomic E-state index is -0.613. The van der Waals surface area contributed by atoms with E-state index in [4.69, 9.17) is 20.9 Å². The third-order valence-electron chi connectivity index (χ3n) is 6.33. The summed E-state index contributed by atoms with van der Waals surface area (Å²) >= 11 is 6.23. The number of hydrogen-bond donors (Lipinski definition) is 1. The molecular weight excluding hydrogens is 460 g/mol. The number of aromatic nitrogens is 1. The molecule has 1 saturated carbocycles. The van der Waals surface area contributed by atoms with Crippen molar-refractivity contribution in [3.05, 3.63) is 82.5 Å². The third kappa shape index (κ3) is 5.03. The Hall–Kier alpha value is -3.75. The van der Waals surface area contributed by atoms with Crippen LogP contribution in [0, 0.1) is 24.2 Å². The van der Waals surface area contributed by atoms with E-state index in [1.807, 2.05) is 48.5 Å². The Balaban J connectivity index is 1.36. The minimum absolute atomic E-state index is 0.193. The van der Waals surface area contributed by atoms with Crippen LogP contribution in [0.25, 0.3) is 22.1 Å². The molecule has 4 aromatic rings. The summed E-state index contributed by atoms with van der Waals surface area (Å²) < 4.78 is 11.1. The number of ether oxygens (including phenoxy) is 1. The van der Waals surface area contributed by atoms with Gasteiger partial charge in [-0.25, -0.2) is 4.79 Å². The van der Waals surface area contributed by atoms with Crippen LogP contribution in [0.1, 0.15) is 49.6 Å². The number of aryl methyl sites for hydroxylation is 1. The van der Waals surface area contributed by atoms with Gasteiger partial charge in [0.2, 0.25) is 0 Å². The van der Waals surface area contributed by atoms with Gasteiger partial charge < -0.3 is 9.26 Å². The van der Waals surface area contributed by atoms with Gasteiger partial charge in [-0.1, -0.05) is 65.0 Å². The molecule has 1 N–H and O–H groups in total. The number of nitrogens with zero attached hydrogens (tertiary/aromatic N) is 1. The fraction of sp³-hybridized carbons (Fsp3) is 0.241. The summed E-state index contributed by atoms with van der Waals surface area (Å²) in [5.74, 6) is 7.15. The Labute approximate surface area is 209 Å². The molecule has 1 aliphatic carbocycles. The summed E-state index contributed by atoms with van der Waals surface area (Å²) in [6.07, 6.45) is 1.22. The average molecular weight is 485 g/mol. The van der Waals surface area contributed by atoms with Crippen LogP contribution in [0.2, 0.25) is 5.02 Å². The van der Waals surface area contributed by atoms with Crippen molar-refractivity contribution in [3.63, 3.8) is 0 Å². The molecule has 176 valence electrons. The Morgan fingerprint density at radius 3 is 2.66 bits per heavy atom. The van der Waals surface area contributed by atoms with Crippen molar-refractivity contribution in [2.45, 2.75) is 39.7 Å².